The van der Waals surface area contributed by atoms with E-state index in [1.54, 1.807) is 0 Å². The van der Waals surface area contributed by atoms with Crippen LogP contribution in [0, 0.1) is 5.92 Å². The lowest BCUT2D eigenvalue weighted by Gasteiger charge is -2.36. The lowest BCUT2D eigenvalue weighted by atomic mass is 9.96. The van der Waals surface area contributed by atoms with Gasteiger partial charge >= 0.3 is 0 Å². The van der Waals surface area contributed by atoms with Crippen LogP contribution in [0.1, 0.15) is 52.1 Å². The van der Waals surface area contributed by atoms with Crippen LogP contribution in [0.2, 0.25) is 0 Å². The molecule has 0 saturated carbocycles. The molecule has 0 spiro atoms. The number of benzene rings is 1. The molecule has 2 atom stereocenters. The van der Waals surface area contributed by atoms with Gasteiger partial charge in [0.25, 0.3) is 0 Å². The van der Waals surface area contributed by atoms with Gasteiger partial charge in [0.05, 0.1) is 0 Å². The van der Waals surface area contributed by atoms with Crippen LogP contribution in [-0.4, -0.2) is 24.0 Å². The van der Waals surface area contributed by atoms with Gasteiger partial charge in [0, 0.05) is 18.6 Å². The Morgan fingerprint density at radius 3 is 2.05 bits per heavy atom. The van der Waals surface area contributed by atoms with Crippen molar-refractivity contribution in [3.63, 3.8) is 0 Å². The Bertz CT molecular complexity index is 330. The maximum absolute atomic E-state index is 6.26. The summed E-state index contributed by atoms with van der Waals surface area (Å²) >= 11 is 0. The first kappa shape index (κ1) is 16.2. The first-order valence-electron chi connectivity index (χ1n) is 7.68. The zero-order valence-electron chi connectivity index (χ0n) is 13.0. The van der Waals surface area contributed by atoms with Crippen molar-refractivity contribution in [1.29, 1.82) is 0 Å². The Morgan fingerprint density at radius 1 is 1.05 bits per heavy atom. The summed E-state index contributed by atoms with van der Waals surface area (Å²) in [6.07, 6.45) is 2.49. The molecule has 0 fully saturated rings. The number of hydrogen-bond acceptors (Lipinski definition) is 2. The average Bonchev–Trinajstić information content (AvgIpc) is 2.43. The standard InChI is InChI=1S/C17H30N2/c1-5-15(6-2)13-19(7-3)17(14(4)18)16-11-9-8-10-12-16/h8-12,14-15,17H,5-7,13,18H2,1-4H3. The molecule has 0 aliphatic rings. The van der Waals surface area contributed by atoms with E-state index in [2.05, 4.69) is 62.9 Å². The molecule has 1 aromatic carbocycles. The third-order valence-corrected chi connectivity index (χ3v) is 4.09. The van der Waals surface area contributed by atoms with Crippen LogP contribution in [0.25, 0.3) is 0 Å². The van der Waals surface area contributed by atoms with Gasteiger partial charge in [-0.15, -0.1) is 0 Å². The smallest absolute Gasteiger partial charge is 0.0496 e. The highest BCUT2D eigenvalue weighted by molar-refractivity contribution is 5.20. The van der Waals surface area contributed by atoms with Crippen LogP contribution in [0.15, 0.2) is 30.3 Å². The highest BCUT2D eigenvalue weighted by Crippen LogP contribution is 2.25. The summed E-state index contributed by atoms with van der Waals surface area (Å²) in [5, 5.41) is 0. The van der Waals surface area contributed by atoms with Crippen LogP contribution < -0.4 is 5.73 Å². The summed E-state index contributed by atoms with van der Waals surface area (Å²) in [7, 11) is 0. The number of nitrogens with two attached hydrogens (primary N) is 1. The van der Waals surface area contributed by atoms with E-state index in [4.69, 9.17) is 5.73 Å². The third kappa shape index (κ3) is 4.63. The quantitative estimate of drug-likeness (QED) is 0.771. The molecule has 2 nitrogen and oxygen atoms in total. The number of hydrogen-bond donors (Lipinski definition) is 1. The minimum atomic E-state index is 0.150. The lowest BCUT2D eigenvalue weighted by Crippen LogP contribution is -2.41. The molecule has 19 heavy (non-hydrogen) atoms. The van der Waals surface area contributed by atoms with Crippen LogP contribution >= 0.6 is 0 Å². The number of rotatable bonds is 8. The van der Waals surface area contributed by atoms with Gasteiger partial charge in [-0.25, -0.2) is 0 Å². The molecule has 0 aromatic heterocycles. The van der Waals surface area contributed by atoms with Gasteiger partial charge in [-0.05, 0) is 24.9 Å². The number of likely N-dealkylation sites (N-methyl/N-ethyl adjacent to an activating group) is 1. The summed E-state index contributed by atoms with van der Waals surface area (Å²) in [4.78, 5) is 2.54. The van der Waals surface area contributed by atoms with Gasteiger partial charge in [0.1, 0.15) is 0 Å². The Balaban J connectivity index is 2.89. The van der Waals surface area contributed by atoms with Crippen molar-refractivity contribution >= 4 is 0 Å². The molecule has 0 amide bonds. The molecule has 1 aromatic rings. The minimum absolute atomic E-state index is 0.150. The van der Waals surface area contributed by atoms with Crippen LogP contribution in [-0.2, 0) is 0 Å². The normalized spacial score (nSPS) is 14.9. The van der Waals surface area contributed by atoms with Crippen molar-refractivity contribution in [1.82, 2.24) is 4.90 Å². The van der Waals surface area contributed by atoms with Crippen molar-refractivity contribution in [2.24, 2.45) is 11.7 Å². The first-order chi connectivity index (χ1) is 9.13. The van der Waals surface area contributed by atoms with Gasteiger partial charge in [0.2, 0.25) is 0 Å². The zero-order chi connectivity index (χ0) is 14.3. The van der Waals surface area contributed by atoms with Crippen LogP contribution in [0.3, 0.4) is 0 Å². The van der Waals surface area contributed by atoms with E-state index in [1.165, 1.54) is 18.4 Å². The van der Waals surface area contributed by atoms with Crippen molar-refractivity contribution in [3.8, 4) is 0 Å². The van der Waals surface area contributed by atoms with Crippen LogP contribution in [0.5, 0.6) is 0 Å². The summed E-state index contributed by atoms with van der Waals surface area (Å²) in [6.45, 7) is 11.1. The van der Waals surface area contributed by atoms with Gasteiger partial charge in [-0.2, -0.15) is 0 Å². The lowest BCUT2D eigenvalue weighted by molar-refractivity contribution is 0.153. The molecular formula is C17H30N2. The van der Waals surface area contributed by atoms with E-state index in [9.17, 15) is 0 Å². The second kappa shape index (κ2) is 8.34. The summed E-state index contributed by atoms with van der Waals surface area (Å²) in [5.41, 5.74) is 7.60. The van der Waals surface area contributed by atoms with Crippen molar-refractivity contribution in [2.45, 2.75) is 52.6 Å². The van der Waals surface area contributed by atoms with Gasteiger partial charge in [0.15, 0.2) is 0 Å². The first-order valence-corrected chi connectivity index (χ1v) is 7.68. The Hall–Kier alpha value is -0.860. The summed E-state index contributed by atoms with van der Waals surface area (Å²) < 4.78 is 0. The topological polar surface area (TPSA) is 29.3 Å². The van der Waals surface area contributed by atoms with Gasteiger partial charge < -0.3 is 5.73 Å². The Labute approximate surface area is 119 Å². The predicted octanol–water partition coefficient (Wildman–Crippen LogP) is 3.83. The SMILES string of the molecule is CCC(CC)CN(CC)C(c1ccccc1)C(C)N. The molecule has 0 bridgehead atoms. The molecule has 2 N–H and O–H groups in total. The second-order valence-corrected chi connectivity index (χ2v) is 5.48. The zero-order valence-corrected chi connectivity index (χ0v) is 13.0. The van der Waals surface area contributed by atoms with Crippen LogP contribution in [0.4, 0.5) is 0 Å². The summed E-state index contributed by atoms with van der Waals surface area (Å²) in [5.74, 6) is 0.768. The molecule has 0 radical (unpaired) electrons. The maximum atomic E-state index is 6.26. The maximum Gasteiger partial charge on any atom is 0.0496 e. The Morgan fingerprint density at radius 2 is 1.63 bits per heavy atom. The fourth-order valence-corrected chi connectivity index (χ4v) is 2.82. The number of nitrogens with zero attached hydrogens (tertiary/aromatic N) is 1. The molecule has 108 valence electrons. The molecule has 0 heterocycles. The van der Waals surface area contributed by atoms with Crippen molar-refractivity contribution < 1.29 is 0 Å². The molecule has 0 aliphatic heterocycles. The van der Waals surface area contributed by atoms with Crippen molar-refractivity contribution in [3.05, 3.63) is 35.9 Å². The van der Waals surface area contributed by atoms with E-state index in [1.807, 2.05) is 0 Å². The molecule has 0 aliphatic carbocycles. The highest BCUT2D eigenvalue weighted by Gasteiger charge is 2.24. The second-order valence-electron chi connectivity index (χ2n) is 5.48. The third-order valence-electron chi connectivity index (χ3n) is 4.09. The van der Waals surface area contributed by atoms with E-state index in [0.717, 1.165) is 19.0 Å². The summed E-state index contributed by atoms with van der Waals surface area (Å²) in [6, 6.07) is 11.2. The van der Waals surface area contributed by atoms with Crippen molar-refractivity contribution in [2.75, 3.05) is 13.1 Å². The van der Waals surface area contributed by atoms with Gasteiger partial charge in [-0.1, -0.05) is 63.9 Å². The molecular weight excluding hydrogens is 232 g/mol. The van der Waals surface area contributed by atoms with E-state index >= 15 is 0 Å². The fourth-order valence-electron chi connectivity index (χ4n) is 2.82. The highest BCUT2D eigenvalue weighted by atomic mass is 15.2. The molecule has 1 rings (SSSR count). The van der Waals surface area contributed by atoms with E-state index in [0.29, 0.717) is 6.04 Å². The molecule has 2 unspecified atom stereocenters. The Kier molecular flexibility index (Phi) is 7.11. The predicted molar refractivity (Wildman–Crippen MR) is 84.2 cm³/mol. The van der Waals surface area contributed by atoms with E-state index < -0.39 is 0 Å². The molecule has 0 saturated heterocycles. The van der Waals surface area contributed by atoms with Gasteiger partial charge in [-0.3, -0.25) is 4.90 Å². The monoisotopic (exact) mass is 262 g/mol. The fraction of sp³-hybridized carbons (Fsp3) is 0.647. The average molecular weight is 262 g/mol. The molecule has 2 heteroatoms. The van der Waals surface area contributed by atoms with E-state index in [-0.39, 0.29) is 6.04 Å². The minimum Gasteiger partial charge on any atom is -0.326 e. The largest absolute Gasteiger partial charge is 0.326 e.